The van der Waals surface area contributed by atoms with E-state index in [-0.39, 0.29) is 19.3 Å². The van der Waals surface area contributed by atoms with Crippen LogP contribution >= 0.6 is 11.6 Å². The molecule has 7 nitrogen and oxygen atoms in total. The Morgan fingerprint density at radius 2 is 1.85 bits per heavy atom. The van der Waals surface area contributed by atoms with Crippen LogP contribution in [0.4, 0.5) is 0 Å². The van der Waals surface area contributed by atoms with Crippen molar-refractivity contribution < 1.29 is 23.4 Å². The molecule has 0 saturated carbocycles. The Labute approximate surface area is 197 Å². The van der Waals surface area contributed by atoms with Gasteiger partial charge in [-0.15, -0.1) is 0 Å². The molecular weight excluding hydrogens is 444 g/mol. The quantitative estimate of drug-likeness (QED) is 0.530. The fourth-order valence-corrected chi connectivity index (χ4v) is 4.35. The Bertz CT molecular complexity index is 1130. The molecule has 2 aliphatic rings. The van der Waals surface area contributed by atoms with Gasteiger partial charge < -0.3 is 23.5 Å². The summed E-state index contributed by atoms with van der Waals surface area (Å²) in [6.07, 6.45) is 0. The molecule has 2 aromatic carbocycles. The number of ether oxygens (including phenoxy) is 3. The van der Waals surface area contributed by atoms with Gasteiger partial charge in [-0.2, -0.15) is 0 Å². The molecule has 1 saturated heterocycles. The summed E-state index contributed by atoms with van der Waals surface area (Å²) in [7, 11) is 0. The zero-order valence-electron chi connectivity index (χ0n) is 18.4. The van der Waals surface area contributed by atoms with Crippen LogP contribution in [-0.2, 0) is 13.2 Å². The summed E-state index contributed by atoms with van der Waals surface area (Å²) in [5.74, 6) is 3.02. The normalized spacial score (nSPS) is 15.6. The monoisotopic (exact) mass is 468 g/mol. The first-order valence-corrected chi connectivity index (χ1v) is 11.3. The van der Waals surface area contributed by atoms with Crippen LogP contribution in [0, 0.1) is 6.92 Å². The SMILES string of the molecule is Cc1cccc(Cl)c1OCc1ccc(C(=O)N2CCN(Cc3ccc4c(c3)OCO4)CC2)o1. The molecule has 0 atom stereocenters. The van der Waals surface area contributed by atoms with Crippen molar-refractivity contribution >= 4 is 17.5 Å². The number of amides is 1. The second-order valence-corrected chi connectivity index (χ2v) is 8.60. The fourth-order valence-electron chi connectivity index (χ4n) is 4.08. The number of hydrogen-bond donors (Lipinski definition) is 0. The number of aryl methyl sites for hydroxylation is 1. The minimum atomic E-state index is -0.0992. The van der Waals surface area contributed by atoms with Gasteiger partial charge in [0.2, 0.25) is 6.79 Å². The highest BCUT2D eigenvalue weighted by Crippen LogP contribution is 2.33. The van der Waals surface area contributed by atoms with Crippen LogP contribution in [0.2, 0.25) is 5.02 Å². The molecule has 3 aromatic rings. The lowest BCUT2D eigenvalue weighted by molar-refractivity contribution is 0.0594. The number of fused-ring (bicyclic) bond motifs is 1. The molecule has 1 amide bonds. The van der Waals surface area contributed by atoms with Crippen molar-refractivity contribution in [2.45, 2.75) is 20.1 Å². The van der Waals surface area contributed by atoms with E-state index in [9.17, 15) is 4.79 Å². The number of carbonyl (C=O) groups is 1. The number of carbonyl (C=O) groups excluding carboxylic acids is 1. The number of piperazine rings is 1. The lowest BCUT2D eigenvalue weighted by atomic mass is 10.1. The largest absolute Gasteiger partial charge is 0.484 e. The maximum Gasteiger partial charge on any atom is 0.289 e. The maximum atomic E-state index is 12.9. The van der Waals surface area contributed by atoms with Gasteiger partial charge in [-0.05, 0) is 48.4 Å². The summed E-state index contributed by atoms with van der Waals surface area (Å²) in [6, 6.07) is 15.1. The average molecular weight is 469 g/mol. The maximum absolute atomic E-state index is 12.9. The van der Waals surface area contributed by atoms with Gasteiger partial charge in [0.1, 0.15) is 18.1 Å². The highest BCUT2D eigenvalue weighted by atomic mass is 35.5. The molecule has 2 aliphatic heterocycles. The zero-order chi connectivity index (χ0) is 22.8. The van der Waals surface area contributed by atoms with Gasteiger partial charge in [-0.25, -0.2) is 0 Å². The van der Waals surface area contributed by atoms with Crippen molar-refractivity contribution in [3.8, 4) is 17.2 Å². The molecule has 0 spiro atoms. The van der Waals surface area contributed by atoms with Crippen LogP contribution in [0.1, 0.15) is 27.4 Å². The van der Waals surface area contributed by atoms with Crippen LogP contribution in [-0.4, -0.2) is 48.7 Å². The molecule has 0 radical (unpaired) electrons. The lowest BCUT2D eigenvalue weighted by Gasteiger charge is -2.34. The van der Waals surface area contributed by atoms with Crippen molar-refractivity contribution in [2.24, 2.45) is 0 Å². The number of nitrogens with zero attached hydrogens (tertiary/aromatic N) is 2. The first-order valence-electron chi connectivity index (χ1n) is 10.9. The Morgan fingerprint density at radius 3 is 2.67 bits per heavy atom. The number of furan rings is 1. The van der Waals surface area contributed by atoms with E-state index in [1.54, 1.807) is 18.2 Å². The molecular formula is C25H25ClN2O5. The Hall–Kier alpha value is -3.16. The van der Waals surface area contributed by atoms with E-state index in [0.29, 0.717) is 35.4 Å². The first-order chi connectivity index (χ1) is 16.1. The summed E-state index contributed by atoms with van der Waals surface area (Å²) in [5, 5.41) is 0.552. The predicted octanol–water partition coefficient (Wildman–Crippen LogP) is 4.51. The third kappa shape index (κ3) is 4.79. The van der Waals surface area contributed by atoms with Crippen LogP contribution in [0.25, 0.3) is 0 Å². The van der Waals surface area contributed by atoms with Gasteiger partial charge in [0.15, 0.2) is 17.3 Å². The summed E-state index contributed by atoms with van der Waals surface area (Å²) >= 11 is 6.21. The van der Waals surface area contributed by atoms with Gasteiger partial charge in [0, 0.05) is 32.7 Å². The zero-order valence-corrected chi connectivity index (χ0v) is 19.1. The fraction of sp³-hybridized carbons (Fsp3) is 0.320. The van der Waals surface area contributed by atoms with E-state index in [0.717, 1.165) is 36.7 Å². The van der Waals surface area contributed by atoms with Crippen molar-refractivity contribution in [1.29, 1.82) is 0 Å². The van der Waals surface area contributed by atoms with Crippen LogP contribution in [0.15, 0.2) is 52.9 Å². The topological polar surface area (TPSA) is 64.4 Å². The molecule has 3 heterocycles. The predicted molar refractivity (Wildman–Crippen MR) is 123 cm³/mol. The second kappa shape index (κ2) is 9.37. The van der Waals surface area contributed by atoms with E-state index in [1.807, 2.05) is 36.1 Å². The van der Waals surface area contributed by atoms with Gasteiger partial charge in [0.25, 0.3) is 5.91 Å². The number of halogens is 1. The van der Waals surface area contributed by atoms with Crippen LogP contribution < -0.4 is 14.2 Å². The molecule has 0 bridgehead atoms. The van der Waals surface area contributed by atoms with Gasteiger partial charge in [-0.1, -0.05) is 29.8 Å². The van der Waals surface area contributed by atoms with E-state index >= 15 is 0 Å². The molecule has 0 aliphatic carbocycles. The third-order valence-electron chi connectivity index (χ3n) is 5.90. The molecule has 5 rings (SSSR count). The number of benzene rings is 2. The summed E-state index contributed by atoms with van der Waals surface area (Å²) in [4.78, 5) is 17.1. The van der Waals surface area contributed by atoms with Crippen molar-refractivity contribution in [1.82, 2.24) is 9.80 Å². The highest BCUT2D eigenvalue weighted by Gasteiger charge is 2.25. The van der Waals surface area contributed by atoms with Gasteiger partial charge >= 0.3 is 0 Å². The van der Waals surface area contributed by atoms with Crippen molar-refractivity contribution in [3.63, 3.8) is 0 Å². The van der Waals surface area contributed by atoms with E-state index in [2.05, 4.69) is 11.0 Å². The number of rotatable bonds is 6. The molecule has 8 heteroatoms. The Morgan fingerprint density at radius 1 is 1.03 bits per heavy atom. The van der Waals surface area contributed by atoms with Crippen molar-refractivity contribution in [3.05, 3.63) is 76.2 Å². The van der Waals surface area contributed by atoms with Crippen molar-refractivity contribution in [2.75, 3.05) is 33.0 Å². The molecule has 0 N–H and O–H groups in total. The van der Waals surface area contributed by atoms with Gasteiger partial charge in [-0.3, -0.25) is 9.69 Å². The Balaban J connectivity index is 1.13. The summed E-state index contributed by atoms with van der Waals surface area (Å²) in [6.45, 7) is 6.11. The number of hydrogen-bond acceptors (Lipinski definition) is 6. The standard InChI is InChI=1S/C25H25ClN2O5/c1-17-3-2-4-20(26)24(17)30-15-19-6-8-22(33-19)25(29)28-11-9-27(10-12-28)14-18-5-7-21-23(13-18)32-16-31-21/h2-8,13H,9-12,14-16H2,1H3. The highest BCUT2D eigenvalue weighted by molar-refractivity contribution is 6.32. The third-order valence-corrected chi connectivity index (χ3v) is 6.20. The van der Waals surface area contributed by atoms with Gasteiger partial charge in [0.05, 0.1) is 5.02 Å². The molecule has 172 valence electrons. The minimum absolute atomic E-state index is 0.0992. The number of para-hydroxylation sites is 1. The average Bonchev–Trinajstić information content (AvgIpc) is 3.48. The van der Waals surface area contributed by atoms with E-state index in [1.165, 1.54) is 5.56 Å². The van der Waals surface area contributed by atoms with Crippen LogP contribution in [0.5, 0.6) is 17.2 Å². The molecule has 33 heavy (non-hydrogen) atoms. The minimum Gasteiger partial charge on any atom is -0.484 e. The van der Waals surface area contributed by atoms with E-state index in [4.69, 9.17) is 30.2 Å². The Kier molecular flexibility index (Phi) is 6.15. The molecule has 1 fully saturated rings. The molecule has 0 unspecified atom stereocenters. The first kappa shape index (κ1) is 21.7. The van der Waals surface area contributed by atoms with E-state index < -0.39 is 0 Å². The summed E-state index contributed by atoms with van der Waals surface area (Å²) in [5.41, 5.74) is 2.12. The smallest absolute Gasteiger partial charge is 0.289 e. The molecule has 1 aromatic heterocycles. The lowest BCUT2D eigenvalue weighted by Crippen LogP contribution is -2.48. The second-order valence-electron chi connectivity index (χ2n) is 8.20. The van der Waals surface area contributed by atoms with Crippen LogP contribution in [0.3, 0.4) is 0 Å². The summed E-state index contributed by atoms with van der Waals surface area (Å²) < 4.78 is 22.4.